The predicted molar refractivity (Wildman–Crippen MR) is 54.7 cm³/mol. The number of nitrogens with zero attached hydrogens (tertiary/aromatic N) is 1. The molecule has 0 atom stereocenters. The summed E-state index contributed by atoms with van der Waals surface area (Å²) in [6.45, 7) is 0. The minimum atomic E-state index is -4.49. The average molecular weight is 264 g/mol. The monoisotopic (exact) mass is 264 g/mol. The Bertz CT molecular complexity index is 497. The third-order valence-electron chi connectivity index (χ3n) is 2.82. The molecule has 1 aliphatic carbocycles. The molecule has 0 heterocycles. The van der Waals surface area contributed by atoms with Crippen LogP contribution in [0.2, 0.25) is 0 Å². The van der Waals surface area contributed by atoms with E-state index in [1.807, 2.05) is 0 Å². The number of alkyl halides is 3. The Balaban J connectivity index is 2.33. The van der Waals surface area contributed by atoms with Crippen LogP contribution in [0.15, 0.2) is 18.2 Å². The Hall–Kier alpha value is -1.86. The molecule has 0 aromatic heterocycles. The lowest BCUT2D eigenvalue weighted by Crippen LogP contribution is -2.38. The van der Waals surface area contributed by atoms with Crippen molar-refractivity contribution in [3.63, 3.8) is 0 Å². The van der Waals surface area contributed by atoms with Crippen LogP contribution in [-0.2, 0) is 0 Å². The number of rotatable bonds is 3. The highest BCUT2D eigenvalue weighted by Gasteiger charge is 2.63. The lowest BCUT2D eigenvalue weighted by Gasteiger charge is -2.21. The summed E-state index contributed by atoms with van der Waals surface area (Å²) >= 11 is 0. The fourth-order valence-electron chi connectivity index (χ4n) is 1.62. The van der Waals surface area contributed by atoms with Crippen LogP contribution in [0.4, 0.5) is 28.9 Å². The maximum atomic E-state index is 12.8. The number of anilines is 1. The van der Waals surface area contributed by atoms with Crippen molar-refractivity contribution in [2.75, 3.05) is 5.32 Å². The van der Waals surface area contributed by atoms with Gasteiger partial charge in [0.25, 0.3) is 5.69 Å². The van der Waals surface area contributed by atoms with Gasteiger partial charge in [-0.25, -0.2) is 4.39 Å². The van der Waals surface area contributed by atoms with Crippen molar-refractivity contribution in [2.45, 2.75) is 24.6 Å². The molecule has 1 aromatic rings. The van der Waals surface area contributed by atoms with Crippen LogP contribution in [0.3, 0.4) is 0 Å². The van der Waals surface area contributed by atoms with Gasteiger partial charge in [-0.15, -0.1) is 0 Å². The minimum Gasteiger partial charge on any atom is -0.366 e. The van der Waals surface area contributed by atoms with Gasteiger partial charge in [-0.3, -0.25) is 10.1 Å². The molecule has 8 heteroatoms. The third-order valence-corrected chi connectivity index (χ3v) is 2.82. The Morgan fingerprint density at radius 3 is 2.39 bits per heavy atom. The molecule has 0 spiro atoms. The molecule has 0 radical (unpaired) electrons. The summed E-state index contributed by atoms with van der Waals surface area (Å²) in [6.07, 6.45) is -4.79. The number of benzene rings is 1. The van der Waals surface area contributed by atoms with Crippen molar-refractivity contribution in [1.29, 1.82) is 0 Å². The molecule has 1 aliphatic rings. The molecule has 0 amide bonds. The van der Waals surface area contributed by atoms with Crippen molar-refractivity contribution in [3.05, 3.63) is 34.1 Å². The van der Waals surface area contributed by atoms with E-state index in [4.69, 9.17) is 0 Å². The highest BCUT2D eigenvalue weighted by molar-refractivity contribution is 5.63. The number of hydrogen-bond acceptors (Lipinski definition) is 3. The van der Waals surface area contributed by atoms with Crippen molar-refractivity contribution in [3.8, 4) is 0 Å². The largest absolute Gasteiger partial charge is 0.411 e. The molecule has 18 heavy (non-hydrogen) atoms. The molecule has 1 aromatic carbocycles. The summed E-state index contributed by atoms with van der Waals surface area (Å²) in [7, 11) is 0. The second-order valence-corrected chi connectivity index (χ2v) is 4.12. The minimum absolute atomic E-state index is 0.148. The van der Waals surface area contributed by atoms with E-state index < -0.39 is 28.1 Å². The van der Waals surface area contributed by atoms with Gasteiger partial charge in [0.15, 0.2) is 0 Å². The van der Waals surface area contributed by atoms with Crippen LogP contribution in [0.1, 0.15) is 12.8 Å². The Labute approximate surface area is 98.8 Å². The topological polar surface area (TPSA) is 55.2 Å². The van der Waals surface area contributed by atoms with E-state index in [2.05, 4.69) is 5.32 Å². The highest BCUT2D eigenvalue weighted by atomic mass is 19.4. The fourth-order valence-corrected chi connectivity index (χ4v) is 1.62. The summed E-state index contributed by atoms with van der Waals surface area (Å²) in [4.78, 5) is 9.73. The first-order valence-electron chi connectivity index (χ1n) is 5.04. The van der Waals surface area contributed by atoms with Crippen LogP contribution in [0, 0.1) is 15.9 Å². The van der Waals surface area contributed by atoms with Gasteiger partial charge in [0.2, 0.25) is 0 Å². The first-order chi connectivity index (χ1) is 8.25. The van der Waals surface area contributed by atoms with E-state index in [0.29, 0.717) is 6.07 Å². The number of nitrogens with one attached hydrogen (secondary N) is 1. The summed E-state index contributed by atoms with van der Waals surface area (Å²) in [6, 6.07) is 2.41. The first kappa shape index (κ1) is 12.6. The van der Waals surface area contributed by atoms with Gasteiger partial charge >= 0.3 is 6.18 Å². The van der Waals surface area contributed by atoms with Crippen molar-refractivity contribution < 1.29 is 22.5 Å². The average Bonchev–Trinajstić information content (AvgIpc) is 3.00. The smallest absolute Gasteiger partial charge is 0.366 e. The molecular weight excluding hydrogens is 256 g/mol. The van der Waals surface area contributed by atoms with Crippen LogP contribution < -0.4 is 5.32 Å². The Morgan fingerprint density at radius 2 is 1.94 bits per heavy atom. The number of halogens is 4. The molecule has 0 aliphatic heterocycles. The van der Waals surface area contributed by atoms with Crippen molar-refractivity contribution in [2.24, 2.45) is 0 Å². The van der Waals surface area contributed by atoms with E-state index in [0.717, 1.165) is 12.1 Å². The lowest BCUT2D eigenvalue weighted by molar-refractivity contribution is -0.384. The summed E-state index contributed by atoms with van der Waals surface area (Å²) in [5.41, 5.74) is -3.14. The standard InChI is InChI=1S/C10H8F4N2O2/c11-6-1-2-7(8(5-6)16(17)18)15-9(3-4-9)10(12,13)14/h1-2,5,15H,3-4H2. The quantitative estimate of drug-likeness (QED) is 0.518. The van der Waals surface area contributed by atoms with E-state index in [1.54, 1.807) is 0 Å². The summed E-state index contributed by atoms with van der Waals surface area (Å²) < 4.78 is 50.9. The summed E-state index contributed by atoms with van der Waals surface area (Å²) in [5, 5.41) is 12.8. The van der Waals surface area contributed by atoms with Gasteiger partial charge in [-0.05, 0) is 25.0 Å². The molecule has 1 fully saturated rings. The van der Waals surface area contributed by atoms with E-state index >= 15 is 0 Å². The zero-order valence-corrected chi connectivity index (χ0v) is 8.92. The second-order valence-electron chi connectivity index (χ2n) is 4.12. The van der Waals surface area contributed by atoms with Crippen LogP contribution >= 0.6 is 0 Å². The molecule has 1 N–H and O–H groups in total. The molecule has 2 rings (SSSR count). The first-order valence-corrected chi connectivity index (χ1v) is 5.04. The number of hydrogen-bond donors (Lipinski definition) is 1. The van der Waals surface area contributed by atoms with Gasteiger partial charge in [-0.2, -0.15) is 13.2 Å². The second kappa shape index (κ2) is 3.82. The fraction of sp³-hybridized carbons (Fsp3) is 0.400. The normalized spacial score (nSPS) is 17.3. The van der Waals surface area contributed by atoms with Crippen molar-refractivity contribution >= 4 is 11.4 Å². The maximum absolute atomic E-state index is 12.8. The molecule has 0 bridgehead atoms. The van der Waals surface area contributed by atoms with E-state index in [-0.39, 0.29) is 18.5 Å². The van der Waals surface area contributed by atoms with E-state index in [9.17, 15) is 27.7 Å². The zero-order chi connectivity index (χ0) is 13.6. The lowest BCUT2D eigenvalue weighted by atomic mass is 10.2. The van der Waals surface area contributed by atoms with Crippen molar-refractivity contribution in [1.82, 2.24) is 0 Å². The highest BCUT2D eigenvalue weighted by Crippen LogP contribution is 2.52. The van der Waals surface area contributed by atoms with Gasteiger partial charge in [0, 0.05) is 0 Å². The molecular formula is C10H8F4N2O2. The Morgan fingerprint density at radius 1 is 1.33 bits per heavy atom. The van der Waals surface area contributed by atoms with Gasteiger partial charge in [-0.1, -0.05) is 0 Å². The number of nitro benzene ring substituents is 1. The number of nitro groups is 1. The van der Waals surface area contributed by atoms with Crippen LogP contribution in [0.5, 0.6) is 0 Å². The van der Waals surface area contributed by atoms with Crippen LogP contribution in [0.25, 0.3) is 0 Å². The van der Waals surface area contributed by atoms with Gasteiger partial charge < -0.3 is 5.32 Å². The Kier molecular flexibility index (Phi) is 2.67. The van der Waals surface area contributed by atoms with Gasteiger partial charge in [0.1, 0.15) is 17.0 Å². The molecule has 1 saturated carbocycles. The predicted octanol–water partition coefficient (Wildman–Crippen LogP) is 3.24. The molecule has 98 valence electrons. The summed E-state index contributed by atoms with van der Waals surface area (Å²) in [5.74, 6) is -0.871. The van der Waals surface area contributed by atoms with Crippen LogP contribution in [-0.4, -0.2) is 16.6 Å². The zero-order valence-electron chi connectivity index (χ0n) is 8.92. The van der Waals surface area contributed by atoms with E-state index in [1.165, 1.54) is 0 Å². The van der Waals surface area contributed by atoms with Gasteiger partial charge in [0.05, 0.1) is 11.0 Å². The maximum Gasteiger partial charge on any atom is 0.411 e. The SMILES string of the molecule is O=[N+]([O-])c1cc(F)ccc1NC1(C(F)(F)F)CC1. The molecule has 4 nitrogen and oxygen atoms in total. The molecule has 0 unspecified atom stereocenters. The molecule has 0 saturated heterocycles. The third kappa shape index (κ3) is 2.09.